The molecule has 0 spiro atoms. The van der Waals surface area contributed by atoms with Gasteiger partial charge in [0, 0.05) is 11.6 Å². The average Bonchev–Trinajstić information content (AvgIpc) is 2.47. The fourth-order valence-electron chi connectivity index (χ4n) is 2.24. The summed E-state index contributed by atoms with van der Waals surface area (Å²) in [6.07, 6.45) is 1.44. The molecule has 22 heavy (non-hydrogen) atoms. The molecular formula is C16H13N3O3. The molecule has 0 amide bonds. The Morgan fingerprint density at radius 3 is 2.64 bits per heavy atom. The van der Waals surface area contributed by atoms with E-state index in [0.717, 1.165) is 16.5 Å². The van der Waals surface area contributed by atoms with Gasteiger partial charge in [0.05, 0.1) is 15.8 Å². The van der Waals surface area contributed by atoms with Crippen molar-refractivity contribution in [3.05, 3.63) is 64.0 Å². The molecule has 3 aromatic rings. The molecular weight excluding hydrogens is 282 g/mol. The van der Waals surface area contributed by atoms with Gasteiger partial charge in [-0.1, -0.05) is 11.6 Å². The van der Waals surface area contributed by atoms with E-state index in [1.165, 1.54) is 12.4 Å². The minimum Gasteiger partial charge on any atom is -0.438 e. The van der Waals surface area contributed by atoms with Gasteiger partial charge < -0.3 is 4.74 Å². The lowest BCUT2D eigenvalue weighted by atomic mass is 10.1. The van der Waals surface area contributed by atoms with E-state index in [-0.39, 0.29) is 5.69 Å². The zero-order valence-corrected chi connectivity index (χ0v) is 12.1. The van der Waals surface area contributed by atoms with Gasteiger partial charge >= 0.3 is 0 Å². The van der Waals surface area contributed by atoms with Gasteiger partial charge in [0.25, 0.3) is 5.69 Å². The van der Waals surface area contributed by atoms with Crippen LogP contribution in [-0.4, -0.2) is 14.9 Å². The monoisotopic (exact) mass is 295 g/mol. The Kier molecular flexibility index (Phi) is 3.42. The van der Waals surface area contributed by atoms with Gasteiger partial charge in [0.1, 0.15) is 12.1 Å². The maximum Gasteiger partial charge on any atom is 0.272 e. The summed E-state index contributed by atoms with van der Waals surface area (Å²) in [6.45, 7) is 3.65. The van der Waals surface area contributed by atoms with Crippen molar-refractivity contribution in [1.29, 1.82) is 0 Å². The number of benzene rings is 2. The van der Waals surface area contributed by atoms with Crippen LogP contribution in [0.15, 0.2) is 42.7 Å². The second-order valence-electron chi connectivity index (χ2n) is 5.01. The molecule has 6 nitrogen and oxygen atoms in total. The van der Waals surface area contributed by atoms with Crippen LogP contribution in [0.25, 0.3) is 10.9 Å². The van der Waals surface area contributed by atoms with Gasteiger partial charge in [0.2, 0.25) is 5.88 Å². The third-order valence-electron chi connectivity index (χ3n) is 3.33. The van der Waals surface area contributed by atoms with E-state index in [0.29, 0.717) is 17.2 Å². The minimum atomic E-state index is -0.414. The number of nitrogens with zero attached hydrogens (tertiary/aromatic N) is 3. The average molecular weight is 295 g/mol. The SMILES string of the molecule is Cc1ccc2ncnc(Oc3ccc([N+](=O)[O-])c(C)c3)c2c1. The van der Waals surface area contributed by atoms with E-state index in [1.807, 2.05) is 25.1 Å². The Morgan fingerprint density at radius 2 is 1.91 bits per heavy atom. The Bertz CT molecular complexity index is 878. The van der Waals surface area contributed by atoms with Crippen LogP contribution in [-0.2, 0) is 0 Å². The van der Waals surface area contributed by atoms with Gasteiger partial charge in [-0.25, -0.2) is 9.97 Å². The van der Waals surface area contributed by atoms with Crippen molar-refractivity contribution in [3.63, 3.8) is 0 Å². The molecule has 0 unspecified atom stereocenters. The number of hydrogen-bond donors (Lipinski definition) is 0. The second-order valence-corrected chi connectivity index (χ2v) is 5.01. The Morgan fingerprint density at radius 1 is 1.09 bits per heavy atom. The molecule has 110 valence electrons. The van der Waals surface area contributed by atoms with Gasteiger partial charge in [0.15, 0.2) is 0 Å². The van der Waals surface area contributed by atoms with Crippen molar-refractivity contribution in [2.45, 2.75) is 13.8 Å². The molecule has 0 radical (unpaired) electrons. The zero-order chi connectivity index (χ0) is 15.7. The van der Waals surface area contributed by atoms with E-state index in [1.54, 1.807) is 19.1 Å². The first-order valence-corrected chi connectivity index (χ1v) is 6.69. The van der Waals surface area contributed by atoms with Crippen molar-refractivity contribution in [1.82, 2.24) is 9.97 Å². The Balaban J connectivity index is 2.01. The maximum absolute atomic E-state index is 10.8. The molecule has 0 aliphatic carbocycles. The van der Waals surface area contributed by atoms with E-state index in [9.17, 15) is 10.1 Å². The zero-order valence-electron chi connectivity index (χ0n) is 12.1. The first kappa shape index (κ1) is 13.9. The maximum atomic E-state index is 10.8. The molecule has 6 heteroatoms. The largest absolute Gasteiger partial charge is 0.438 e. The molecule has 0 bridgehead atoms. The summed E-state index contributed by atoms with van der Waals surface area (Å²) in [5.41, 5.74) is 2.47. The molecule has 0 aliphatic heterocycles. The minimum absolute atomic E-state index is 0.0655. The lowest BCUT2D eigenvalue weighted by molar-refractivity contribution is -0.385. The number of nitro groups is 1. The first-order valence-electron chi connectivity index (χ1n) is 6.69. The molecule has 0 N–H and O–H groups in total. The van der Waals surface area contributed by atoms with Gasteiger partial charge in [-0.15, -0.1) is 0 Å². The van der Waals surface area contributed by atoms with E-state index in [4.69, 9.17) is 4.74 Å². The van der Waals surface area contributed by atoms with E-state index in [2.05, 4.69) is 9.97 Å². The number of ether oxygens (including phenoxy) is 1. The summed E-state index contributed by atoms with van der Waals surface area (Å²) in [7, 11) is 0. The fourth-order valence-corrected chi connectivity index (χ4v) is 2.24. The van der Waals surface area contributed by atoms with Crippen LogP contribution in [0.4, 0.5) is 5.69 Å². The number of rotatable bonds is 3. The van der Waals surface area contributed by atoms with Gasteiger partial charge in [-0.3, -0.25) is 10.1 Å². The van der Waals surface area contributed by atoms with Crippen LogP contribution in [0.5, 0.6) is 11.6 Å². The van der Waals surface area contributed by atoms with Crippen LogP contribution in [0.3, 0.4) is 0 Å². The smallest absolute Gasteiger partial charge is 0.272 e. The number of nitro benzene ring substituents is 1. The summed E-state index contributed by atoms with van der Waals surface area (Å²) in [5, 5.41) is 11.7. The Labute approximate surface area is 126 Å². The lowest BCUT2D eigenvalue weighted by Crippen LogP contribution is -1.94. The normalized spacial score (nSPS) is 10.6. The Hall–Kier alpha value is -3.02. The highest BCUT2D eigenvalue weighted by Crippen LogP contribution is 2.30. The third-order valence-corrected chi connectivity index (χ3v) is 3.33. The molecule has 0 aliphatic rings. The van der Waals surface area contributed by atoms with Crippen molar-refractivity contribution in [3.8, 4) is 11.6 Å². The van der Waals surface area contributed by atoms with Crippen LogP contribution in [0.1, 0.15) is 11.1 Å². The number of aromatic nitrogens is 2. The third kappa shape index (κ3) is 2.58. The number of aryl methyl sites for hydroxylation is 2. The quantitative estimate of drug-likeness (QED) is 0.540. The van der Waals surface area contributed by atoms with E-state index < -0.39 is 4.92 Å². The van der Waals surface area contributed by atoms with Gasteiger partial charge in [-0.05, 0) is 38.1 Å². The topological polar surface area (TPSA) is 78.2 Å². The molecule has 3 rings (SSSR count). The highest BCUT2D eigenvalue weighted by molar-refractivity contribution is 5.84. The second kappa shape index (κ2) is 5.40. The van der Waals surface area contributed by atoms with Crippen LogP contribution in [0.2, 0.25) is 0 Å². The summed E-state index contributed by atoms with van der Waals surface area (Å²) in [6, 6.07) is 10.4. The lowest BCUT2D eigenvalue weighted by Gasteiger charge is -2.08. The summed E-state index contributed by atoms with van der Waals surface area (Å²) < 4.78 is 5.79. The van der Waals surface area contributed by atoms with Crippen molar-refractivity contribution in [2.75, 3.05) is 0 Å². The molecule has 0 saturated carbocycles. The standard InChI is InChI=1S/C16H13N3O3/c1-10-3-5-14-13(7-10)16(18-9-17-14)22-12-4-6-15(19(20)21)11(2)8-12/h3-9H,1-2H3. The summed E-state index contributed by atoms with van der Waals surface area (Å²) in [5.74, 6) is 0.937. The number of fused-ring (bicyclic) bond motifs is 1. The van der Waals surface area contributed by atoms with E-state index >= 15 is 0 Å². The summed E-state index contributed by atoms with van der Waals surface area (Å²) in [4.78, 5) is 18.8. The van der Waals surface area contributed by atoms with Crippen molar-refractivity contribution in [2.24, 2.45) is 0 Å². The highest BCUT2D eigenvalue weighted by atomic mass is 16.6. The van der Waals surface area contributed by atoms with Crippen LogP contribution in [0, 0.1) is 24.0 Å². The molecule has 0 saturated heterocycles. The molecule has 1 heterocycles. The first-order chi connectivity index (χ1) is 10.5. The summed E-state index contributed by atoms with van der Waals surface area (Å²) >= 11 is 0. The molecule has 0 fully saturated rings. The van der Waals surface area contributed by atoms with Crippen molar-refractivity contribution >= 4 is 16.6 Å². The van der Waals surface area contributed by atoms with Crippen molar-refractivity contribution < 1.29 is 9.66 Å². The highest BCUT2D eigenvalue weighted by Gasteiger charge is 2.12. The van der Waals surface area contributed by atoms with Crippen LogP contribution < -0.4 is 4.74 Å². The molecule has 1 aromatic heterocycles. The molecule has 2 aromatic carbocycles. The number of hydrogen-bond acceptors (Lipinski definition) is 5. The van der Waals surface area contributed by atoms with Crippen LogP contribution >= 0.6 is 0 Å². The predicted molar refractivity (Wildman–Crippen MR) is 82.2 cm³/mol. The fraction of sp³-hybridized carbons (Fsp3) is 0.125. The van der Waals surface area contributed by atoms with Gasteiger partial charge in [-0.2, -0.15) is 0 Å². The predicted octanol–water partition coefficient (Wildman–Crippen LogP) is 3.95. The molecule has 0 atom stereocenters.